The third-order valence-corrected chi connectivity index (χ3v) is 10.2. The summed E-state index contributed by atoms with van der Waals surface area (Å²) in [5.41, 5.74) is 14.8. The fourth-order valence-electron chi connectivity index (χ4n) is 8.06. The van der Waals surface area contributed by atoms with Gasteiger partial charge in [-0.1, -0.05) is 79.8 Å². The van der Waals surface area contributed by atoms with Gasteiger partial charge in [-0.3, -0.25) is 0 Å². The molecule has 0 spiro atoms. The number of para-hydroxylation sites is 1. The van der Waals surface area contributed by atoms with Gasteiger partial charge in [0.05, 0.1) is 5.52 Å². The van der Waals surface area contributed by atoms with Crippen molar-refractivity contribution in [3.63, 3.8) is 0 Å². The molecule has 3 aromatic rings. The molecule has 1 nitrogen and oxygen atoms in total. The molecule has 5 aliphatic rings. The summed E-state index contributed by atoms with van der Waals surface area (Å²) in [5, 5.41) is 1.37. The van der Waals surface area contributed by atoms with E-state index in [4.69, 9.17) is 0 Å². The standard InChI is InChI=1S/C39H39N/c1-26-10-11-30-24-32(14-12-28(30)22-26)34-17-16-31-23-29(13-15-33(31)25-34)27-18-20-35(21-19-27)40-38-8-4-2-6-36(38)37-7-3-5-9-39(37)40/h2-4,6-8,11,15,18-21,23-26,28-29H,5,9-10,12-14,16-17,22H2,1H3. The highest BCUT2D eigenvalue weighted by Crippen LogP contribution is 2.44. The van der Waals surface area contributed by atoms with Crippen LogP contribution in [-0.2, 0) is 6.42 Å². The molecule has 0 fully saturated rings. The van der Waals surface area contributed by atoms with Gasteiger partial charge in [-0.05, 0) is 121 Å². The molecule has 1 heteroatoms. The Kier molecular flexibility index (Phi) is 5.94. The largest absolute Gasteiger partial charge is 0.313 e. The van der Waals surface area contributed by atoms with Crippen LogP contribution in [-0.4, -0.2) is 4.57 Å². The zero-order chi connectivity index (χ0) is 26.6. The second kappa shape index (κ2) is 9.81. The first kappa shape index (κ1) is 24.2. The zero-order valence-corrected chi connectivity index (χ0v) is 23.7. The minimum atomic E-state index is 0.477. The summed E-state index contributed by atoms with van der Waals surface area (Å²) in [7, 11) is 0. The number of benzene rings is 2. The zero-order valence-electron chi connectivity index (χ0n) is 23.7. The SMILES string of the molecule is CC1CC=C2C=C(C3=CC4=CCC(c5ccc(-n6c7c(c8ccccc86)C=CCC7)cc5)C=C4CC3)CCC2C1. The number of hydrogen-bond acceptors (Lipinski definition) is 0. The van der Waals surface area contributed by atoms with Crippen molar-refractivity contribution in [1.29, 1.82) is 0 Å². The predicted octanol–water partition coefficient (Wildman–Crippen LogP) is 10.3. The first-order valence-corrected chi connectivity index (χ1v) is 15.6. The van der Waals surface area contributed by atoms with Gasteiger partial charge in [0, 0.05) is 28.2 Å². The summed E-state index contributed by atoms with van der Waals surface area (Å²) in [6.07, 6.45) is 28.3. The van der Waals surface area contributed by atoms with E-state index in [-0.39, 0.29) is 0 Å². The number of aromatic nitrogens is 1. The van der Waals surface area contributed by atoms with E-state index < -0.39 is 0 Å². The Bertz CT molecular complexity index is 1680. The number of hydrogen-bond donors (Lipinski definition) is 0. The van der Waals surface area contributed by atoms with Crippen molar-refractivity contribution in [3.8, 4) is 5.69 Å². The van der Waals surface area contributed by atoms with Crippen LogP contribution in [0.4, 0.5) is 0 Å². The van der Waals surface area contributed by atoms with E-state index in [1.54, 1.807) is 22.3 Å². The minimum Gasteiger partial charge on any atom is -0.313 e. The first-order valence-electron chi connectivity index (χ1n) is 15.6. The van der Waals surface area contributed by atoms with Crippen molar-refractivity contribution >= 4 is 17.0 Å². The fraction of sp³-hybridized carbons (Fsp3) is 0.333. The van der Waals surface area contributed by atoms with Gasteiger partial charge in [0.25, 0.3) is 0 Å². The molecule has 40 heavy (non-hydrogen) atoms. The molecule has 1 heterocycles. The monoisotopic (exact) mass is 521 g/mol. The maximum atomic E-state index is 2.58. The summed E-state index contributed by atoms with van der Waals surface area (Å²) < 4.78 is 2.49. The number of fused-ring (bicyclic) bond motifs is 5. The van der Waals surface area contributed by atoms with E-state index >= 15 is 0 Å². The molecule has 2 aromatic carbocycles. The van der Waals surface area contributed by atoms with Gasteiger partial charge in [0.1, 0.15) is 0 Å². The molecule has 8 rings (SSSR count). The predicted molar refractivity (Wildman–Crippen MR) is 169 cm³/mol. The molecule has 0 N–H and O–H groups in total. The molecular weight excluding hydrogens is 482 g/mol. The molecule has 200 valence electrons. The van der Waals surface area contributed by atoms with Crippen molar-refractivity contribution in [2.45, 2.75) is 70.6 Å². The average molecular weight is 522 g/mol. The Labute approximate surface area is 239 Å². The smallest absolute Gasteiger partial charge is 0.0537 e. The molecule has 3 atom stereocenters. The van der Waals surface area contributed by atoms with E-state index in [0.29, 0.717) is 5.92 Å². The molecule has 0 saturated heterocycles. The van der Waals surface area contributed by atoms with Gasteiger partial charge in [-0.15, -0.1) is 0 Å². The lowest BCUT2D eigenvalue weighted by Gasteiger charge is -2.33. The lowest BCUT2D eigenvalue weighted by Crippen LogP contribution is -2.18. The summed E-state index contributed by atoms with van der Waals surface area (Å²) in [6.45, 7) is 2.41. The van der Waals surface area contributed by atoms with E-state index in [9.17, 15) is 0 Å². The third-order valence-electron chi connectivity index (χ3n) is 10.2. The highest BCUT2D eigenvalue weighted by molar-refractivity contribution is 5.93. The van der Waals surface area contributed by atoms with Crippen molar-refractivity contribution in [2.24, 2.45) is 11.8 Å². The number of rotatable bonds is 3. The van der Waals surface area contributed by atoms with Crippen LogP contribution >= 0.6 is 0 Å². The molecule has 3 unspecified atom stereocenters. The lowest BCUT2D eigenvalue weighted by atomic mass is 9.72. The Hall–Kier alpha value is -3.58. The van der Waals surface area contributed by atoms with Crippen molar-refractivity contribution in [1.82, 2.24) is 4.57 Å². The van der Waals surface area contributed by atoms with Crippen LogP contribution < -0.4 is 0 Å². The Morgan fingerprint density at radius 1 is 0.800 bits per heavy atom. The van der Waals surface area contributed by atoms with Crippen LogP contribution in [0.1, 0.15) is 81.0 Å². The molecular formula is C39H39N. The number of nitrogens with zero attached hydrogens (tertiary/aromatic N) is 1. The van der Waals surface area contributed by atoms with Gasteiger partial charge in [-0.25, -0.2) is 0 Å². The van der Waals surface area contributed by atoms with Gasteiger partial charge in [-0.2, -0.15) is 0 Å². The third kappa shape index (κ3) is 4.14. The van der Waals surface area contributed by atoms with E-state index in [1.165, 1.54) is 77.5 Å². The molecule has 0 radical (unpaired) electrons. The maximum Gasteiger partial charge on any atom is 0.0537 e. The Morgan fingerprint density at radius 2 is 1.65 bits per heavy atom. The fourth-order valence-corrected chi connectivity index (χ4v) is 8.06. The van der Waals surface area contributed by atoms with E-state index in [0.717, 1.165) is 31.1 Å². The Morgan fingerprint density at radius 3 is 2.58 bits per heavy atom. The topological polar surface area (TPSA) is 4.93 Å². The molecule has 5 aliphatic carbocycles. The first-order chi connectivity index (χ1) is 19.7. The van der Waals surface area contributed by atoms with Crippen LogP contribution in [0.3, 0.4) is 0 Å². The van der Waals surface area contributed by atoms with E-state index in [2.05, 4.69) is 103 Å². The van der Waals surface area contributed by atoms with Crippen LogP contribution in [0.25, 0.3) is 22.7 Å². The van der Waals surface area contributed by atoms with Crippen molar-refractivity contribution in [3.05, 3.63) is 130 Å². The lowest BCUT2D eigenvalue weighted by molar-refractivity contribution is 0.388. The highest BCUT2D eigenvalue weighted by Gasteiger charge is 2.27. The second-order valence-electron chi connectivity index (χ2n) is 12.8. The summed E-state index contributed by atoms with van der Waals surface area (Å²) >= 11 is 0. The van der Waals surface area contributed by atoms with Gasteiger partial charge >= 0.3 is 0 Å². The molecule has 0 aliphatic heterocycles. The normalized spacial score (nSPS) is 25.6. The summed E-state index contributed by atoms with van der Waals surface area (Å²) in [5.74, 6) is 2.15. The van der Waals surface area contributed by atoms with Crippen molar-refractivity contribution in [2.75, 3.05) is 0 Å². The van der Waals surface area contributed by atoms with Gasteiger partial charge < -0.3 is 4.57 Å². The van der Waals surface area contributed by atoms with Crippen molar-refractivity contribution < 1.29 is 0 Å². The molecule has 0 saturated carbocycles. The van der Waals surface area contributed by atoms with Gasteiger partial charge in [0.15, 0.2) is 0 Å². The maximum absolute atomic E-state index is 2.58. The minimum absolute atomic E-state index is 0.477. The Balaban J connectivity index is 1.04. The second-order valence-corrected chi connectivity index (χ2v) is 12.8. The molecule has 1 aromatic heterocycles. The highest BCUT2D eigenvalue weighted by atomic mass is 15.0. The molecule has 0 bridgehead atoms. The summed E-state index contributed by atoms with van der Waals surface area (Å²) in [4.78, 5) is 0. The quantitative estimate of drug-likeness (QED) is 0.323. The van der Waals surface area contributed by atoms with Crippen LogP contribution in [0.15, 0.2) is 113 Å². The number of allylic oxidation sites excluding steroid dienone is 11. The van der Waals surface area contributed by atoms with Crippen LogP contribution in [0.2, 0.25) is 0 Å². The van der Waals surface area contributed by atoms with Crippen LogP contribution in [0, 0.1) is 11.8 Å². The van der Waals surface area contributed by atoms with E-state index in [1.807, 2.05) is 0 Å². The average Bonchev–Trinajstić information content (AvgIpc) is 3.35. The summed E-state index contributed by atoms with van der Waals surface area (Å²) in [6, 6.07) is 18.3. The molecule has 0 amide bonds. The van der Waals surface area contributed by atoms with Crippen LogP contribution in [0.5, 0.6) is 0 Å². The van der Waals surface area contributed by atoms with Gasteiger partial charge in [0.2, 0.25) is 0 Å².